The lowest BCUT2D eigenvalue weighted by molar-refractivity contribution is -0.764. The zero-order chi connectivity index (χ0) is 10.8. The number of carbonyl (C=O) groups excluding carboxylic acids is 1. The van der Waals surface area contributed by atoms with Gasteiger partial charge in [0.25, 0.3) is 11.8 Å². The van der Waals surface area contributed by atoms with Crippen molar-refractivity contribution in [1.29, 1.82) is 5.41 Å². The molecular formula is C9H14N4O2. The van der Waals surface area contributed by atoms with E-state index >= 15 is 0 Å². The second kappa shape index (κ2) is 3.88. The van der Waals surface area contributed by atoms with Gasteiger partial charge in [0.2, 0.25) is 0 Å². The minimum Gasteiger partial charge on any atom is -0.380 e. The molecular weight excluding hydrogens is 196 g/mol. The topological polar surface area (TPSA) is 75.3 Å². The number of carbonyl (C=O) groups is 1. The second-order valence-corrected chi connectivity index (χ2v) is 3.83. The summed E-state index contributed by atoms with van der Waals surface area (Å²) >= 11 is 0. The molecule has 1 aromatic heterocycles. The largest absolute Gasteiger partial charge is 0.380 e. The molecule has 15 heavy (non-hydrogen) atoms. The molecule has 0 aromatic carbocycles. The lowest BCUT2D eigenvalue weighted by Gasteiger charge is -2.30. The molecule has 0 aliphatic carbocycles. The zero-order valence-corrected chi connectivity index (χ0v) is 8.64. The predicted molar refractivity (Wildman–Crippen MR) is 49.4 cm³/mol. The Balaban J connectivity index is 1.99. The summed E-state index contributed by atoms with van der Waals surface area (Å²) in [6.45, 7) is 3.20. The number of hydrogen-bond donors (Lipinski definition) is 1. The molecule has 0 atom stereocenters. The van der Waals surface area contributed by atoms with Gasteiger partial charge in [0, 0.05) is 19.0 Å². The Bertz CT molecular complexity index is 400. The van der Waals surface area contributed by atoms with Gasteiger partial charge >= 0.3 is 0 Å². The van der Waals surface area contributed by atoms with E-state index in [1.807, 2.05) is 5.01 Å². The van der Waals surface area contributed by atoms with Crippen molar-refractivity contribution in [2.24, 2.45) is 5.92 Å². The number of nitrogens with zero attached hydrogens (tertiary/aromatic N) is 3. The highest BCUT2D eigenvalue weighted by Crippen LogP contribution is 2.14. The molecule has 0 unspecified atom stereocenters. The van der Waals surface area contributed by atoms with Gasteiger partial charge in [0.1, 0.15) is 5.78 Å². The number of nitrogens with one attached hydrogen (secondary N) is 1. The van der Waals surface area contributed by atoms with Gasteiger partial charge in [0.05, 0.1) is 0 Å². The Morgan fingerprint density at radius 1 is 1.67 bits per heavy atom. The fourth-order valence-corrected chi connectivity index (χ4v) is 1.85. The average molecular weight is 210 g/mol. The van der Waals surface area contributed by atoms with Gasteiger partial charge in [-0.15, -0.1) is 0 Å². The van der Waals surface area contributed by atoms with Crippen LogP contribution in [-0.4, -0.2) is 18.9 Å². The van der Waals surface area contributed by atoms with Crippen LogP contribution in [0.4, 0.5) is 0 Å². The van der Waals surface area contributed by atoms with Crippen molar-refractivity contribution in [2.75, 3.05) is 18.1 Å². The third-order valence-electron chi connectivity index (χ3n) is 2.79. The third kappa shape index (κ3) is 2.08. The smallest absolute Gasteiger partial charge is 0.286 e. The summed E-state index contributed by atoms with van der Waals surface area (Å²) in [6, 6.07) is 0. The fraction of sp³-hybridized carbons (Fsp3) is 0.667. The number of rotatable bonds is 2. The maximum atomic E-state index is 11.2. The molecule has 1 aliphatic rings. The molecule has 1 aromatic rings. The second-order valence-electron chi connectivity index (χ2n) is 3.83. The summed E-state index contributed by atoms with van der Waals surface area (Å²) in [5.41, 5.74) is 0.0451. The van der Waals surface area contributed by atoms with Crippen LogP contribution in [0.2, 0.25) is 0 Å². The molecule has 6 nitrogen and oxygen atoms in total. The summed E-state index contributed by atoms with van der Waals surface area (Å²) in [7, 11) is 0. The van der Waals surface area contributed by atoms with Crippen LogP contribution in [-0.2, 0) is 4.79 Å². The Labute approximate surface area is 86.9 Å². The van der Waals surface area contributed by atoms with Crippen LogP contribution in [0, 0.1) is 11.3 Å². The maximum absolute atomic E-state index is 11.2. The normalized spacial score (nSPS) is 18.1. The number of aromatic nitrogens is 2. The standard InChI is InChI=1S/C9H14N4O2/c1-7(14)8-2-4-12(5-3-8)13-6-9(10)15-11-13/h6,8,10H,2-5H2,1H3. The fourth-order valence-electron chi connectivity index (χ4n) is 1.85. The molecule has 0 spiro atoms. The van der Waals surface area contributed by atoms with Crippen LogP contribution in [0.25, 0.3) is 0 Å². The minimum absolute atomic E-state index is 0.0451. The molecule has 0 amide bonds. The highest BCUT2D eigenvalue weighted by Gasteiger charge is 2.22. The Morgan fingerprint density at radius 2 is 2.33 bits per heavy atom. The van der Waals surface area contributed by atoms with Gasteiger partial charge in [-0.2, -0.15) is 0 Å². The molecule has 0 bridgehead atoms. The summed E-state index contributed by atoms with van der Waals surface area (Å²) in [6.07, 6.45) is 3.22. The first-order valence-corrected chi connectivity index (χ1v) is 5.03. The van der Waals surface area contributed by atoms with Crippen LogP contribution in [0.15, 0.2) is 10.7 Å². The minimum atomic E-state index is 0.0451. The van der Waals surface area contributed by atoms with Crippen molar-refractivity contribution < 1.29 is 14.1 Å². The zero-order valence-electron chi connectivity index (χ0n) is 8.64. The van der Waals surface area contributed by atoms with Crippen LogP contribution < -0.4 is 20.6 Å². The van der Waals surface area contributed by atoms with E-state index in [9.17, 15) is 4.79 Å². The number of piperidine rings is 1. The first kappa shape index (κ1) is 9.95. The van der Waals surface area contributed by atoms with Gasteiger partial charge in [-0.1, -0.05) is 4.79 Å². The van der Waals surface area contributed by atoms with E-state index in [1.165, 1.54) is 6.20 Å². The molecule has 2 rings (SSSR count). The van der Waals surface area contributed by atoms with E-state index in [0.717, 1.165) is 25.9 Å². The van der Waals surface area contributed by atoms with E-state index in [0.29, 0.717) is 0 Å². The molecule has 1 fully saturated rings. The highest BCUT2D eigenvalue weighted by atomic mass is 16.5. The van der Waals surface area contributed by atoms with Crippen LogP contribution in [0.3, 0.4) is 0 Å². The van der Waals surface area contributed by atoms with Crippen molar-refractivity contribution in [2.45, 2.75) is 19.8 Å². The lowest BCUT2D eigenvalue weighted by atomic mass is 9.94. The van der Waals surface area contributed by atoms with E-state index in [1.54, 1.807) is 11.7 Å². The molecule has 1 aliphatic heterocycles. The van der Waals surface area contributed by atoms with Crippen molar-refractivity contribution in [3.8, 4) is 0 Å². The number of ketones is 1. The first-order valence-electron chi connectivity index (χ1n) is 5.03. The molecule has 0 radical (unpaired) electrons. The average Bonchev–Trinajstić information content (AvgIpc) is 2.65. The van der Waals surface area contributed by atoms with Gasteiger partial charge in [0.15, 0.2) is 0 Å². The molecule has 0 saturated carbocycles. The number of hydrogen-bond acceptors (Lipinski definition) is 4. The Kier molecular flexibility index (Phi) is 2.57. The summed E-state index contributed by atoms with van der Waals surface area (Å²) < 4.78 is 4.66. The van der Waals surface area contributed by atoms with Gasteiger partial charge in [-0.3, -0.25) is 15.2 Å². The van der Waals surface area contributed by atoms with Crippen molar-refractivity contribution in [3.63, 3.8) is 0 Å². The van der Waals surface area contributed by atoms with Gasteiger partial charge in [-0.25, -0.2) is 0 Å². The lowest BCUT2D eigenvalue weighted by Crippen LogP contribution is -2.63. The summed E-state index contributed by atoms with van der Waals surface area (Å²) in [5, 5.41) is 12.9. The van der Waals surface area contributed by atoms with Crippen LogP contribution in [0.5, 0.6) is 0 Å². The quantitative estimate of drug-likeness (QED) is 0.631. The highest BCUT2D eigenvalue weighted by molar-refractivity contribution is 5.78. The molecule has 6 heteroatoms. The van der Waals surface area contributed by atoms with Gasteiger partial charge < -0.3 is 4.52 Å². The molecule has 82 valence electrons. The first-order chi connectivity index (χ1) is 7.16. The monoisotopic (exact) mass is 210 g/mol. The van der Waals surface area contributed by atoms with E-state index in [-0.39, 0.29) is 17.3 Å². The SMILES string of the molecule is CC(=O)C1CCN([n+]2cc(=N)o[n-]2)CC1. The predicted octanol–water partition coefficient (Wildman–Crippen LogP) is -1.06. The summed E-state index contributed by atoms with van der Waals surface area (Å²) in [5.74, 6) is 0.449. The maximum Gasteiger partial charge on any atom is 0.286 e. The Hall–Kier alpha value is -1.59. The third-order valence-corrected chi connectivity index (χ3v) is 2.79. The number of Topliss-reactive ketones (excluding diaryl/α,β-unsaturated/α-hetero) is 1. The van der Waals surface area contributed by atoms with Gasteiger partial charge in [-0.05, 0) is 25.0 Å². The van der Waals surface area contributed by atoms with E-state index < -0.39 is 0 Å². The summed E-state index contributed by atoms with van der Waals surface area (Å²) in [4.78, 5) is 12.7. The van der Waals surface area contributed by atoms with Crippen molar-refractivity contribution in [3.05, 3.63) is 11.8 Å². The van der Waals surface area contributed by atoms with Crippen molar-refractivity contribution in [1.82, 2.24) is 5.27 Å². The molecule has 1 N–H and O–H groups in total. The van der Waals surface area contributed by atoms with E-state index in [2.05, 4.69) is 9.79 Å². The van der Waals surface area contributed by atoms with E-state index in [4.69, 9.17) is 5.41 Å². The molecule has 2 heterocycles. The molecule has 1 saturated heterocycles. The van der Waals surface area contributed by atoms with Crippen LogP contribution in [0.1, 0.15) is 19.8 Å². The van der Waals surface area contributed by atoms with Crippen LogP contribution >= 0.6 is 0 Å². The van der Waals surface area contributed by atoms with Crippen molar-refractivity contribution >= 4 is 5.78 Å². The Morgan fingerprint density at radius 3 is 2.80 bits per heavy atom.